The van der Waals surface area contributed by atoms with Crippen LogP contribution in [0.15, 0.2) is 18.5 Å². The number of hydrogen-bond acceptors (Lipinski definition) is 2. The van der Waals surface area contributed by atoms with Gasteiger partial charge in [0.2, 0.25) is 0 Å². The van der Waals surface area contributed by atoms with Crippen LogP contribution in [-0.4, -0.2) is 23.8 Å². The Morgan fingerprint density at radius 1 is 1.40 bits per heavy atom. The fourth-order valence-corrected chi connectivity index (χ4v) is 3.36. The van der Waals surface area contributed by atoms with Crippen molar-refractivity contribution in [2.75, 3.05) is 13.2 Å². The molecule has 1 aliphatic carbocycles. The molecule has 1 aromatic rings. The summed E-state index contributed by atoms with van der Waals surface area (Å²) in [5.41, 5.74) is 1.48. The fourth-order valence-electron chi connectivity index (χ4n) is 3.36. The summed E-state index contributed by atoms with van der Waals surface area (Å²) in [5.74, 6) is 0.873. The molecule has 1 aromatic heterocycles. The van der Waals surface area contributed by atoms with E-state index in [0.717, 1.165) is 25.6 Å². The molecule has 2 atom stereocenters. The van der Waals surface area contributed by atoms with E-state index in [1.807, 2.05) is 0 Å². The van der Waals surface area contributed by atoms with Gasteiger partial charge in [-0.2, -0.15) is 0 Å². The molecule has 1 aliphatic heterocycles. The predicted molar refractivity (Wildman–Crippen MR) is 81.8 cm³/mol. The lowest BCUT2D eigenvalue weighted by Crippen LogP contribution is -2.22. The predicted octanol–water partition coefficient (Wildman–Crippen LogP) is 3.51. The number of rotatable bonds is 8. The van der Waals surface area contributed by atoms with Gasteiger partial charge >= 0.3 is 0 Å². The lowest BCUT2D eigenvalue weighted by molar-refractivity contribution is 0.101. The van der Waals surface area contributed by atoms with Gasteiger partial charge in [-0.05, 0) is 62.6 Å². The van der Waals surface area contributed by atoms with Crippen LogP contribution in [0.2, 0.25) is 0 Å². The van der Waals surface area contributed by atoms with Crippen molar-refractivity contribution < 1.29 is 4.74 Å². The molecule has 1 N–H and O–H groups in total. The highest BCUT2D eigenvalue weighted by atomic mass is 16.5. The SMILES string of the molecule is CCNC(c1ccn(CCCC2CCCO2)c1)C1CC1. The highest BCUT2D eigenvalue weighted by Gasteiger charge is 2.31. The zero-order chi connectivity index (χ0) is 13.8. The number of nitrogens with one attached hydrogen (secondary N) is 1. The van der Waals surface area contributed by atoms with Crippen molar-refractivity contribution in [3.8, 4) is 0 Å². The molecule has 2 aliphatic rings. The third kappa shape index (κ3) is 3.64. The van der Waals surface area contributed by atoms with E-state index in [2.05, 4.69) is 35.3 Å². The van der Waals surface area contributed by atoms with E-state index in [0.29, 0.717) is 12.1 Å². The first kappa shape index (κ1) is 14.2. The van der Waals surface area contributed by atoms with Gasteiger partial charge in [0.1, 0.15) is 0 Å². The molecule has 1 saturated carbocycles. The number of nitrogens with zero attached hydrogens (tertiary/aromatic N) is 1. The Kier molecular flexibility index (Phi) is 4.79. The van der Waals surface area contributed by atoms with Gasteiger partial charge in [0.25, 0.3) is 0 Å². The molecule has 3 nitrogen and oxygen atoms in total. The molecule has 20 heavy (non-hydrogen) atoms. The van der Waals surface area contributed by atoms with Gasteiger partial charge in [0.05, 0.1) is 6.10 Å². The Balaban J connectivity index is 1.47. The Morgan fingerprint density at radius 3 is 3.00 bits per heavy atom. The van der Waals surface area contributed by atoms with Crippen LogP contribution in [0, 0.1) is 5.92 Å². The molecule has 0 bridgehead atoms. The summed E-state index contributed by atoms with van der Waals surface area (Å²) >= 11 is 0. The normalized spacial score (nSPS) is 24.1. The summed E-state index contributed by atoms with van der Waals surface area (Å²) in [6, 6.07) is 2.89. The van der Waals surface area contributed by atoms with Crippen molar-refractivity contribution in [3.63, 3.8) is 0 Å². The zero-order valence-corrected chi connectivity index (χ0v) is 12.7. The first-order chi connectivity index (χ1) is 9.86. The van der Waals surface area contributed by atoms with Crippen molar-refractivity contribution in [1.29, 1.82) is 0 Å². The highest BCUT2D eigenvalue weighted by Crippen LogP contribution is 2.41. The van der Waals surface area contributed by atoms with Crippen LogP contribution in [0.5, 0.6) is 0 Å². The lowest BCUT2D eigenvalue weighted by Gasteiger charge is -2.15. The Labute approximate surface area is 122 Å². The van der Waals surface area contributed by atoms with E-state index in [1.165, 1.54) is 44.1 Å². The van der Waals surface area contributed by atoms with E-state index in [-0.39, 0.29) is 0 Å². The van der Waals surface area contributed by atoms with E-state index in [4.69, 9.17) is 4.74 Å². The lowest BCUT2D eigenvalue weighted by atomic mass is 10.1. The maximum Gasteiger partial charge on any atom is 0.0576 e. The second-order valence-corrected chi connectivity index (χ2v) is 6.33. The summed E-state index contributed by atoms with van der Waals surface area (Å²) in [7, 11) is 0. The van der Waals surface area contributed by atoms with Crippen LogP contribution >= 0.6 is 0 Å². The summed E-state index contributed by atoms with van der Waals surface area (Å²) < 4.78 is 8.04. The number of hydrogen-bond donors (Lipinski definition) is 1. The molecule has 3 heteroatoms. The maximum atomic E-state index is 5.69. The molecule has 2 fully saturated rings. The minimum Gasteiger partial charge on any atom is -0.378 e. The minimum atomic E-state index is 0.533. The maximum absolute atomic E-state index is 5.69. The summed E-state index contributed by atoms with van der Waals surface area (Å²) in [6.45, 7) is 5.37. The first-order valence-electron chi connectivity index (χ1n) is 8.37. The molecule has 2 heterocycles. The van der Waals surface area contributed by atoms with Gasteiger partial charge in [-0.1, -0.05) is 6.92 Å². The van der Waals surface area contributed by atoms with Gasteiger partial charge < -0.3 is 14.6 Å². The molecule has 0 aromatic carbocycles. The second kappa shape index (κ2) is 6.77. The molecule has 2 unspecified atom stereocenters. The summed E-state index contributed by atoms with van der Waals surface area (Å²) in [5, 5.41) is 3.64. The largest absolute Gasteiger partial charge is 0.378 e. The number of aryl methyl sites for hydroxylation is 1. The Hall–Kier alpha value is -0.800. The molecule has 0 amide bonds. The topological polar surface area (TPSA) is 26.2 Å². The average Bonchev–Trinajstić information content (AvgIpc) is 2.97. The van der Waals surface area contributed by atoms with Gasteiger partial charge in [0, 0.05) is 31.6 Å². The molecule has 0 radical (unpaired) electrons. The quantitative estimate of drug-likeness (QED) is 0.786. The number of ether oxygens (including phenoxy) is 1. The van der Waals surface area contributed by atoms with Crippen LogP contribution in [0.3, 0.4) is 0 Å². The van der Waals surface area contributed by atoms with Crippen LogP contribution < -0.4 is 5.32 Å². The molecule has 0 spiro atoms. The molecule has 112 valence electrons. The standard InChI is InChI=1S/C17H28N2O/c1-2-18-17(14-7-8-14)15-9-11-19(13-15)10-3-5-16-6-4-12-20-16/h9,11,13-14,16-18H,2-8,10,12H2,1H3. The molecule has 1 saturated heterocycles. The van der Waals surface area contributed by atoms with Gasteiger partial charge in [-0.25, -0.2) is 0 Å². The van der Waals surface area contributed by atoms with Crippen LogP contribution in [-0.2, 0) is 11.3 Å². The molecule has 3 rings (SSSR count). The third-order valence-electron chi connectivity index (χ3n) is 4.62. The van der Waals surface area contributed by atoms with E-state index < -0.39 is 0 Å². The average molecular weight is 276 g/mol. The van der Waals surface area contributed by atoms with Crippen LogP contribution in [0.1, 0.15) is 57.1 Å². The first-order valence-corrected chi connectivity index (χ1v) is 8.37. The Morgan fingerprint density at radius 2 is 2.30 bits per heavy atom. The Bertz CT molecular complexity index is 405. The van der Waals surface area contributed by atoms with Gasteiger partial charge in [-0.3, -0.25) is 0 Å². The second-order valence-electron chi connectivity index (χ2n) is 6.33. The van der Waals surface area contributed by atoms with E-state index in [9.17, 15) is 0 Å². The summed E-state index contributed by atoms with van der Waals surface area (Å²) in [6.07, 6.45) is 12.9. The summed E-state index contributed by atoms with van der Waals surface area (Å²) in [4.78, 5) is 0. The molecular weight excluding hydrogens is 248 g/mol. The van der Waals surface area contributed by atoms with Crippen molar-refractivity contribution in [1.82, 2.24) is 9.88 Å². The van der Waals surface area contributed by atoms with Crippen molar-refractivity contribution in [2.24, 2.45) is 5.92 Å². The highest BCUT2D eigenvalue weighted by molar-refractivity contribution is 5.18. The zero-order valence-electron chi connectivity index (χ0n) is 12.7. The van der Waals surface area contributed by atoms with Crippen LogP contribution in [0.4, 0.5) is 0 Å². The third-order valence-corrected chi connectivity index (χ3v) is 4.62. The molecular formula is C17H28N2O. The fraction of sp³-hybridized carbons (Fsp3) is 0.765. The van der Waals surface area contributed by atoms with E-state index in [1.54, 1.807) is 0 Å². The van der Waals surface area contributed by atoms with Gasteiger partial charge in [-0.15, -0.1) is 0 Å². The smallest absolute Gasteiger partial charge is 0.0576 e. The van der Waals surface area contributed by atoms with Gasteiger partial charge in [0.15, 0.2) is 0 Å². The van der Waals surface area contributed by atoms with Crippen LogP contribution in [0.25, 0.3) is 0 Å². The number of aromatic nitrogens is 1. The monoisotopic (exact) mass is 276 g/mol. The van der Waals surface area contributed by atoms with E-state index >= 15 is 0 Å². The van der Waals surface area contributed by atoms with Crippen molar-refractivity contribution >= 4 is 0 Å². The van der Waals surface area contributed by atoms with Crippen molar-refractivity contribution in [2.45, 2.75) is 64.1 Å². The van der Waals surface area contributed by atoms with Crippen molar-refractivity contribution in [3.05, 3.63) is 24.0 Å². The minimum absolute atomic E-state index is 0.533.